The van der Waals surface area contributed by atoms with Crippen molar-refractivity contribution in [3.05, 3.63) is 46.1 Å². The van der Waals surface area contributed by atoms with Crippen molar-refractivity contribution in [2.24, 2.45) is 0 Å². The van der Waals surface area contributed by atoms with Gasteiger partial charge >= 0.3 is 5.97 Å². The molecule has 2 N–H and O–H groups in total. The average molecular weight is 351 g/mol. The number of rotatable bonds is 5. The van der Waals surface area contributed by atoms with Crippen LogP contribution in [0, 0.1) is 0 Å². The Bertz CT molecular complexity index is 674. The summed E-state index contributed by atoms with van der Waals surface area (Å²) >= 11 is 3.44. The molecule has 110 valence electrons. The van der Waals surface area contributed by atoms with Gasteiger partial charge in [-0.15, -0.1) is 0 Å². The molecule has 0 bridgehead atoms. The number of anilines is 2. The molecule has 2 aromatic rings. The molecule has 0 spiro atoms. The maximum Gasteiger partial charge on any atom is 0.335 e. The van der Waals surface area contributed by atoms with Crippen LogP contribution in [0.25, 0.3) is 0 Å². The van der Waals surface area contributed by atoms with Crippen LogP contribution in [0.5, 0.6) is 5.75 Å². The average Bonchev–Trinajstić information content (AvgIpc) is 2.49. The van der Waals surface area contributed by atoms with E-state index in [1.54, 1.807) is 13.2 Å². The Morgan fingerprint density at radius 2 is 2.14 bits per heavy atom. The Balaban J connectivity index is 2.39. The van der Waals surface area contributed by atoms with Crippen LogP contribution in [-0.4, -0.2) is 23.2 Å². The highest BCUT2D eigenvalue weighted by Crippen LogP contribution is 2.29. The molecule has 0 aliphatic rings. The summed E-state index contributed by atoms with van der Waals surface area (Å²) in [5.74, 6) is 0.214. The zero-order chi connectivity index (χ0) is 15.4. The number of nitrogens with zero attached hydrogens (tertiary/aromatic N) is 1. The predicted molar refractivity (Wildman–Crippen MR) is 84.6 cm³/mol. The number of aryl methyl sites for hydroxylation is 1. The van der Waals surface area contributed by atoms with Gasteiger partial charge in [0.1, 0.15) is 11.6 Å². The number of carbonyl (C=O) groups is 1. The van der Waals surface area contributed by atoms with Gasteiger partial charge in [-0.3, -0.25) is 0 Å². The van der Waals surface area contributed by atoms with E-state index in [9.17, 15) is 4.79 Å². The van der Waals surface area contributed by atoms with Crippen LogP contribution >= 0.6 is 15.9 Å². The summed E-state index contributed by atoms with van der Waals surface area (Å²) in [5.41, 5.74) is 1.69. The second kappa shape index (κ2) is 6.58. The maximum absolute atomic E-state index is 11.2. The normalized spacial score (nSPS) is 10.2. The smallest absolute Gasteiger partial charge is 0.335 e. The second-order valence-electron chi connectivity index (χ2n) is 4.36. The molecule has 0 aliphatic heterocycles. The summed E-state index contributed by atoms with van der Waals surface area (Å²) in [4.78, 5) is 15.5. The van der Waals surface area contributed by atoms with Crippen LogP contribution in [-0.2, 0) is 6.42 Å². The number of carboxylic acid groups (broad SMARTS) is 1. The number of aromatic carboxylic acids is 1. The first-order valence-corrected chi connectivity index (χ1v) is 7.17. The minimum atomic E-state index is -0.972. The third-order valence-electron chi connectivity index (χ3n) is 2.92. The Labute approximate surface area is 131 Å². The molecular formula is C15H15BrN2O3. The van der Waals surface area contributed by atoms with Crippen molar-refractivity contribution in [2.45, 2.75) is 13.3 Å². The van der Waals surface area contributed by atoms with Crippen molar-refractivity contribution in [3.8, 4) is 5.75 Å². The van der Waals surface area contributed by atoms with E-state index >= 15 is 0 Å². The summed E-state index contributed by atoms with van der Waals surface area (Å²) in [6.07, 6.45) is 0.662. The first kappa shape index (κ1) is 15.3. The minimum absolute atomic E-state index is 0.211. The third kappa shape index (κ3) is 3.72. The Morgan fingerprint density at radius 3 is 2.76 bits per heavy atom. The zero-order valence-corrected chi connectivity index (χ0v) is 13.3. The second-order valence-corrected chi connectivity index (χ2v) is 5.22. The van der Waals surface area contributed by atoms with Crippen molar-refractivity contribution in [3.63, 3.8) is 0 Å². The molecule has 0 unspecified atom stereocenters. The van der Waals surface area contributed by atoms with Crippen LogP contribution in [0.15, 0.2) is 34.8 Å². The van der Waals surface area contributed by atoms with Crippen molar-refractivity contribution >= 4 is 33.4 Å². The molecule has 6 heteroatoms. The van der Waals surface area contributed by atoms with Gasteiger partial charge in [-0.2, -0.15) is 0 Å². The van der Waals surface area contributed by atoms with E-state index in [0.717, 1.165) is 15.9 Å². The predicted octanol–water partition coefficient (Wildman–Crippen LogP) is 3.86. The van der Waals surface area contributed by atoms with E-state index in [2.05, 4.69) is 26.2 Å². The summed E-state index contributed by atoms with van der Waals surface area (Å²) in [7, 11) is 1.59. The summed E-state index contributed by atoms with van der Waals surface area (Å²) in [5, 5.41) is 12.3. The molecule has 0 saturated heterocycles. The lowest BCUT2D eigenvalue weighted by Crippen LogP contribution is -2.03. The summed E-state index contributed by atoms with van der Waals surface area (Å²) in [6, 6.07) is 8.57. The molecule has 5 nitrogen and oxygen atoms in total. The van der Waals surface area contributed by atoms with E-state index in [-0.39, 0.29) is 5.56 Å². The zero-order valence-electron chi connectivity index (χ0n) is 11.7. The number of hydrogen-bond donors (Lipinski definition) is 2. The highest BCUT2D eigenvalue weighted by Gasteiger charge is 2.09. The topological polar surface area (TPSA) is 71.5 Å². The van der Waals surface area contributed by atoms with Gasteiger partial charge in [0.2, 0.25) is 0 Å². The Kier molecular flexibility index (Phi) is 4.80. The molecule has 0 atom stereocenters. The molecule has 1 aromatic carbocycles. The molecule has 1 heterocycles. The molecule has 0 amide bonds. The summed E-state index contributed by atoms with van der Waals surface area (Å²) < 4.78 is 6.02. The minimum Gasteiger partial charge on any atom is -0.497 e. The molecular weight excluding hydrogens is 336 g/mol. The van der Waals surface area contributed by atoms with Gasteiger partial charge in [0, 0.05) is 16.2 Å². The standard InChI is InChI=1S/C15H15BrN2O3/c1-3-10-6-9(15(19)20)7-14(17-10)18-13-8-11(21-2)4-5-12(13)16/h4-8H,3H2,1-2H3,(H,17,18)(H,19,20). The van der Waals surface area contributed by atoms with E-state index in [1.807, 2.05) is 25.1 Å². The molecule has 0 fully saturated rings. The maximum atomic E-state index is 11.2. The lowest BCUT2D eigenvalue weighted by Gasteiger charge is -2.11. The third-order valence-corrected chi connectivity index (χ3v) is 3.62. The van der Waals surface area contributed by atoms with Gasteiger partial charge in [0.25, 0.3) is 0 Å². The molecule has 1 aromatic heterocycles. The van der Waals surface area contributed by atoms with E-state index < -0.39 is 5.97 Å². The van der Waals surface area contributed by atoms with Crippen molar-refractivity contribution in [1.82, 2.24) is 4.98 Å². The number of methoxy groups -OCH3 is 1. The highest BCUT2D eigenvalue weighted by molar-refractivity contribution is 9.10. The number of halogens is 1. The van der Waals surface area contributed by atoms with Crippen molar-refractivity contribution in [1.29, 1.82) is 0 Å². The van der Waals surface area contributed by atoms with Crippen LogP contribution in [0.2, 0.25) is 0 Å². The molecule has 0 saturated carbocycles. The number of ether oxygens (including phenoxy) is 1. The fourth-order valence-corrected chi connectivity index (χ4v) is 2.17. The van der Waals surface area contributed by atoms with Crippen LogP contribution in [0.4, 0.5) is 11.5 Å². The monoisotopic (exact) mass is 350 g/mol. The van der Waals surface area contributed by atoms with Gasteiger partial charge in [-0.1, -0.05) is 6.92 Å². The molecule has 0 radical (unpaired) electrons. The van der Waals surface area contributed by atoms with E-state index in [0.29, 0.717) is 18.0 Å². The number of hydrogen-bond acceptors (Lipinski definition) is 4. The van der Waals surface area contributed by atoms with E-state index in [4.69, 9.17) is 9.84 Å². The van der Waals surface area contributed by atoms with Crippen LogP contribution in [0.3, 0.4) is 0 Å². The molecule has 0 aliphatic carbocycles. The first-order chi connectivity index (χ1) is 10.0. The van der Waals surface area contributed by atoms with Gasteiger partial charge in [-0.25, -0.2) is 9.78 Å². The van der Waals surface area contributed by atoms with Gasteiger partial charge < -0.3 is 15.2 Å². The Morgan fingerprint density at radius 1 is 1.38 bits per heavy atom. The molecule has 2 rings (SSSR count). The lowest BCUT2D eigenvalue weighted by molar-refractivity contribution is 0.0696. The number of benzene rings is 1. The largest absolute Gasteiger partial charge is 0.497 e. The van der Waals surface area contributed by atoms with Gasteiger partial charge in [0.05, 0.1) is 18.4 Å². The van der Waals surface area contributed by atoms with Gasteiger partial charge in [-0.05, 0) is 46.6 Å². The SMILES string of the molecule is CCc1cc(C(=O)O)cc(Nc2cc(OC)ccc2Br)n1. The first-order valence-electron chi connectivity index (χ1n) is 6.38. The van der Waals surface area contributed by atoms with Crippen LogP contribution in [0.1, 0.15) is 23.0 Å². The Hall–Kier alpha value is -2.08. The number of aromatic nitrogens is 1. The number of nitrogens with one attached hydrogen (secondary N) is 1. The number of carboxylic acids is 1. The quantitative estimate of drug-likeness (QED) is 0.856. The highest BCUT2D eigenvalue weighted by atomic mass is 79.9. The fraction of sp³-hybridized carbons (Fsp3) is 0.200. The van der Waals surface area contributed by atoms with Crippen molar-refractivity contribution < 1.29 is 14.6 Å². The lowest BCUT2D eigenvalue weighted by atomic mass is 10.2. The van der Waals surface area contributed by atoms with Gasteiger partial charge in [0.15, 0.2) is 0 Å². The van der Waals surface area contributed by atoms with Crippen molar-refractivity contribution in [2.75, 3.05) is 12.4 Å². The number of pyridine rings is 1. The van der Waals surface area contributed by atoms with E-state index in [1.165, 1.54) is 6.07 Å². The van der Waals surface area contributed by atoms with Crippen LogP contribution < -0.4 is 10.1 Å². The fourth-order valence-electron chi connectivity index (χ4n) is 1.82. The molecule has 21 heavy (non-hydrogen) atoms. The summed E-state index contributed by atoms with van der Waals surface area (Å²) in [6.45, 7) is 1.93.